The first-order chi connectivity index (χ1) is 10.2. The van der Waals surface area contributed by atoms with Crippen LogP contribution < -0.4 is 10.6 Å². The zero-order valence-corrected chi connectivity index (χ0v) is 13.3. The molecule has 0 saturated carbocycles. The van der Waals surface area contributed by atoms with Crippen molar-refractivity contribution in [2.45, 2.75) is 13.5 Å². The average Bonchev–Trinajstić information content (AvgIpc) is 2.53. The SMILES string of the molecule is CCN(Cc1ccncc1)c1ccc(Br)cc1/C(N)=N/O. The molecule has 1 aromatic heterocycles. The van der Waals surface area contributed by atoms with Gasteiger partial charge < -0.3 is 15.8 Å². The van der Waals surface area contributed by atoms with Crippen LogP contribution in [0.1, 0.15) is 18.1 Å². The minimum absolute atomic E-state index is 0.0967. The molecule has 0 spiro atoms. The van der Waals surface area contributed by atoms with Crippen LogP contribution in [0.2, 0.25) is 0 Å². The summed E-state index contributed by atoms with van der Waals surface area (Å²) >= 11 is 3.41. The fourth-order valence-corrected chi connectivity index (χ4v) is 2.48. The average molecular weight is 349 g/mol. The molecule has 0 atom stereocenters. The molecule has 6 heteroatoms. The van der Waals surface area contributed by atoms with E-state index >= 15 is 0 Å². The lowest BCUT2D eigenvalue weighted by Crippen LogP contribution is -2.26. The maximum atomic E-state index is 8.97. The predicted molar refractivity (Wildman–Crippen MR) is 87.6 cm³/mol. The molecule has 3 N–H and O–H groups in total. The van der Waals surface area contributed by atoms with Crippen LogP contribution in [-0.2, 0) is 6.54 Å². The number of amidine groups is 1. The third kappa shape index (κ3) is 3.72. The Morgan fingerprint density at radius 3 is 2.67 bits per heavy atom. The van der Waals surface area contributed by atoms with E-state index in [9.17, 15) is 0 Å². The van der Waals surface area contributed by atoms with Gasteiger partial charge in [-0.05, 0) is 42.8 Å². The van der Waals surface area contributed by atoms with Crippen LogP contribution in [0.3, 0.4) is 0 Å². The van der Waals surface area contributed by atoms with Gasteiger partial charge in [-0.25, -0.2) is 0 Å². The zero-order valence-electron chi connectivity index (χ0n) is 11.7. The molecule has 1 heterocycles. The minimum atomic E-state index is 0.0967. The molecule has 1 aromatic carbocycles. The number of benzene rings is 1. The standard InChI is InChI=1S/C15H17BrN4O/c1-2-20(10-11-5-7-18-8-6-11)14-4-3-12(16)9-13(14)15(17)19-21/h3-9,21H,2,10H2,1H3,(H2,17,19). The molecule has 2 aromatic rings. The van der Waals surface area contributed by atoms with E-state index in [-0.39, 0.29) is 5.84 Å². The molecule has 0 amide bonds. The maximum absolute atomic E-state index is 8.97. The van der Waals surface area contributed by atoms with E-state index in [1.165, 1.54) is 0 Å². The van der Waals surface area contributed by atoms with E-state index < -0.39 is 0 Å². The number of pyridine rings is 1. The fraction of sp³-hybridized carbons (Fsp3) is 0.200. The van der Waals surface area contributed by atoms with Crippen molar-refractivity contribution < 1.29 is 5.21 Å². The smallest absolute Gasteiger partial charge is 0.172 e. The summed E-state index contributed by atoms with van der Waals surface area (Å²) in [7, 11) is 0. The second kappa shape index (κ2) is 7.08. The summed E-state index contributed by atoms with van der Waals surface area (Å²) in [5.74, 6) is 0.0967. The van der Waals surface area contributed by atoms with Crippen LogP contribution in [0.5, 0.6) is 0 Å². The van der Waals surface area contributed by atoms with Crippen LogP contribution in [-0.4, -0.2) is 22.6 Å². The molecule has 0 fully saturated rings. The molecule has 0 unspecified atom stereocenters. The molecule has 0 saturated heterocycles. The highest BCUT2D eigenvalue weighted by atomic mass is 79.9. The summed E-state index contributed by atoms with van der Waals surface area (Å²) in [4.78, 5) is 6.19. The Balaban J connectivity index is 2.38. The van der Waals surface area contributed by atoms with Gasteiger partial charge in [-0.3, -0.25) is 4.98 Å². The normalized spacial score (nSPS) is 11.4. The molecule has 2 rings (SSSR count). The number of halogens is 1. The van der Waals surface area contributed by atoms with Gasteiger partial charge in [0.15, 0.2) is 5.84 Å². The Morgan fingerprint density at radius 2 is 2.05 bits per heavy atom. The number of nitrogens with two attached hydrogens (primary N) is 1. The number of rotatable bonds is 5. The molecule has 0 aliphatic rings. The maximum Gasteiger partial charge on any atom is 0.172 e. The molecular weight excluding hydrogens is 332 g/mol. The number of hydrogen-bond acceptors (Lipinski definition) is 4. The Hall–Kier alpha value is -2.08. The van der Waals surface area contributed by atoms with Crippen molar-refractivity contribution >= 4 is 27.5 Å². The van der Waals surface area contributed by atoms with Crippen LogP contribution in [0.25, 0.3) is 0 Å². The number of hydrogen-bond donors (Lipinski definition) is 2. The molecule has 5 nitrogen and oxygen atoms in total. The van der Waals surface area contributed by atoms with E-state index in [0.29, 0.717) is 5.56 Å². The van der Waals surface area contributed by atoms with Crippen LogP contribution >= 0.6 is 15.9 Å². The first-order valence-electron chi connectivity index (χ1n) is 6.57. The number of oxime groups is 1. The third-order valence-electron chi connectivity index (χ3n) is 3.19. The van der Waals surface area contributed by atoms with Gasteiger partial charge in [0.1, 0.15) is 0 Å². The number of anilines is 1. The Labute approximate surface area is 132 Å². The Morgan fingerprint density at radius 1 is 1.33 bits per heavy atom. The molecule has 0 bridgehead atoms. The lowest BCUT2D eigenvalue weighted by Gasteiger charge is -2.25. The van der Waals surface area contributed by atoms with E-state index in [1.54, 1.807) is 12.4 Å². The van der Waals surface area contributed by atoms with Crippen molar-refractivity contribution in [1.29, 1.82) is 0 Å². The van der Waals surface area contributed by atoms with Gasteiger partial charge in [0, 0.05) is 41.2 Å². The summed E-state index contributed by atoms with van der Waals surface area (Å²) in [6.07, 6.45) is 3.55. The largest absolute Gasteiger partial charge is 0.409 e. The topological polar surface area (TPSA) is 74.7 Å². The summed E-state index contributed by atoms with van der Waals surface area (Å²) in [5, 5.41) is 12.1. The van der Waals surface area contributed by atoms with Gasteiger partial charge in [0.2, 0.25) is 0 Å². The Kier molecular flexibility index (Phi) is 5.16. The minimum Gasteiger partial charge on any atom is -0.409 e. The van der Waals surface area contributed by atoms with Gasteiger partial charge in [-0.2, -0.15) is 0 Å². The van der Waals surface area contributed by atoms with E-state index in [4.69, 9.17) is 10.9 Å². The van der Waals surface area contributed by atoms with Crippen molar-refractivity contribution in [3.63, 3.8) is 0 Å². The highest BCUT2D eigenvalue weighted by Crippen LogP contribution is 2.26. The Bertz CT molecular complexity index is 631. The molecule has 110 valence electrons. The summed E-state index contributed by atoms with van der Waals surface area (Å²) < 4.78 is 0.882. The highest BCUT2D eigenvalue weighted by Gasteiger charge is 2.14. The summed E-state index contributed by atoms with van der Waals surface area (Å²) in [5.41, 5.74) is 8.57. The lowest BCUT2D eigenvalue weighted by atomic mass is 10.1. The molecule has 0 radical (unpaired) electrons. The van der Waals surface area contributed by atoms with Crippen molar-refractivity contribution in [2.75, 3.05) is 11.4 Å². The van der Waals surface area contributed by atoms with Gasteiger partial charge in [-0.1, -0.05) is 21.1 Å². The van der Waals surface area contributed by atoms with Gasteiger partial charge in [0.05, 0.1) is 0 Å². The lowest BCUT2D eigenvalue weighted by molar-refractivity contribution is 0.318. The van der Waals surface area contributed by atoms with Crippen molar-refractivity contribution in [3.8, 4) is 0 Å². The van der Waals surface area contributed by atoms with Crippen molar-refractivity contribution in [1.82, 2.24) is 4.98 Å². The second-order valence-corrected chi connectivity index (χ2v) is 5.43. The third-order valence-corrected chi connectivity index (χ3v) is 3.68. The summed E-state index contributed by atoms with van der Waals surface area (Å²) in [6, 6.07) is 9.70. The second-order valence-electron chi connectivity index (χ2n) is 4.52. The number of aromatic nitrogens is 1. The van der Waals surface area contributed by atoms with Gasteiger partial charge >= 0.3 is 0 Å². The molecule has 21 heavy (non-hydrogen) atoms. The van der Waals surface area contributed by atoms with E-state index in [1.807, 2.05) is 30.3 Å². The van der Waals surface area contributed by atoms with Gasteiger partial charge in [-0.15, -0.1) is 0 Å². The monoisotopic (exact) mass is 348 g/mol. The summed E-state index contributed by atoms with van der Waals surface area (Å²) in [6.45, 7) is 3.60. The highest BCUT2D eigenvalue weighted by molar-refractivity contribution is 9.10. The van der Waals surface area contributed by atoms with Crippen LogP contribution in [0.15, 0.2) is 52.4 Å². The molecule has 0 aliphatic heterocycles. The molecule has 0 aliphatic carbocycles. The quantitative estimate of drug-likeness (QED) is 0.377. The fourth-order valence-electron chi connectivity index (χ4n) is 2.12. The van der Waals surface area contributed by atoms with Crippen LogP contribution in [0, 0.1) is 0 Å². The van der Waals surface area contributed by atoms with Crippen LogP contribution in [0.4, 0.5) is 5.69 Å². The van der Waals surface area contributed by atoms with Crippen molar-refractivity contribution in [3.05, 3.63) is 58.3 Å². The first-order valence-corrected chi connectivity index (χ1v) is 7.36. The number of nitrogens with zero attached hydrogens (tertiary/aromatic N) is 3. The molecular formula is C15H17BrN4O. The van der Waals surface area contributed by atoms with Gasteiger partial charge in [0.25, 0.3) is 0 Å². The first kappa shape index (κ1) is 15.3. The van der Waals surface area contributed by atoms with E-state index in [0.717, 1.165) is 28.8 Å². The van der Waals surface area contributed by atoms with E-state index in [2.05, 4.69) is 37.9 Å². The predicted octanol–water partition coefficient (Wildman–Crippen LogP) is 2.97. The zero-order chi connectivity index (χ0) is 15.2. The van der Waals surface area contributed by atoms with Crippen molar-refractivity contribution in [2.24, 2.45) is 10.9 Å².